The molecule has 0 aliphatic carbocycles. The summed E-state index contributed by atoms with van der Waals surface area (Å²) in [5.74, 6) is 2.34. The van der Waals surface area contributed by atoms with Crippen LogP contribution in [0, 0.1) is 6.92 Å². The Morgan fingerprint density at radius 1 is 1.37 bits per heavy atom. The summed E-state index contributed by atoms with van der Waals surface area (Å²) in [4.78, 5) is 12.4. The number of nitrogens with zero attached hydrogens (tertiary/aromatic N) is 3. The predicted octanol–water partition coefficient (Wildman–Crippen LogP) is 2.67. The second kappa shape index (κ2) is 6.02. The van der Waals surface area contributed by atoms with Gasteiger partial charge in [0.1, 0.15) is 17.5 Å². The van der Waals surface area contributed by atoms with Crippen LogP contribution in [0.3, 0.4) is 0 Å². The van der Waals surface area contributed by atoms with E-state index in [-0.39, 0.29) is 0 Å². The molecule has 19 heavy (non-hydrogen) atoms. The van der Waals surface area contributed by atoms with E-state index in [1.807, 2.05) is 13.8 Å². The highest BCUT2D eigenvalue weighted by atomic mass is 32.1. The normalized spacial score (nSPS) is 10.7. The van der Waals surface area contributed by atoms with Crippen molar-refractivity contribution < 1.29 is 0 Å². The Morgan fingerprint density at radius 2 is 2.16 bits per heavy atom. The number of nitrogens with two attached hydrogens (primary N) is 1. The molecular formula is C14H20N4S. The summed E-state index contributed by atoms with van der Waals surface area (Å²) in [6.45, 7) is 4.95. The fourth-order valence-electron chi connectivity index (χ4n) is 1.94. The average molecular weight is 276 g/mol. The highest BCUT2D eigenvalue weighted by molar-refractivity contribution is 7.09. The van der Waals surface area contributed by atoms with Gasteiger partial charge in [0.15, 0.2) is 0 Å². The highest BCUT2D eigenvalue weighted by Gasteiger charge is 2.12. The first kappa shape index (κ1) is 13.8. The van der Waals surface area contributed by atoms with Crippen molar-refractivity contribution >= 4 is 23.0 Å². The number of aromatic nitrogens is 2. The predicted molar refractivity (Wildman–Crippen MR) is 81.9 cm³/mol. The molecule has 2 heterocycles. The van der Waals surface area contributed by atoms with Gasteiger partial charge in [-0.25, -0.2) is 9.97 Å². The van der Waals surface area contributed by atoms with Crippen LogP contribution < -0.4 is 10.6 Å². The van der Waals surface area contributed by atoms with Crippen molar-refractivity contribution in [2.45, 2.75) is 26.7 Å². The molecule has 0 unspecified atom stereocenters. The summed E-state index contributed by atoms with van der Waals surface area (Å²) >= 11 is 1.79. The number of anilines is 2. The van der Waals surface area contributed by atoms with Crippen LogP contribution in [0.5, 0.6) is 0 Å². The molecule has 2 rings (SSSR count). The van der Waals surface area contributed by atoms with Crippen molar-refractivity contribution in [1.29, 1.82) is 0 Å². The van der Waals surface area contributed by atoms with E-state index in [0.29, 0.717) is 5.82 Å². The minimum atomic E-state index is 0.588. The van der Waals surface area contributed by atoms with E-state index in [1.54, 1.807) is 11.3 Å². The van der Waals surface area contributed by atoms with E-state index in [0.717, 1.165) is 36.6 Å². The topological polar surface area (TPSA) is 55.0 Å². The van der Waals surface area contributed by atoms with Crippen LogP contribution in [-0.4, -0.2) is 23.6 Å². The van der Waals surface area contributed by atoms with Crippen LogP contribution in [0.25, 0.3) is 0 Å². The lowest BCUT2D eigenvalue weighted by Crippen LogP contribution is -2.23. The fourth-order valence-corrected chi connectivity index (χ4v) is 2.64. The Kier molecular flexibility index (Phi) is 4.37. The summed E-state index contributed by atoms with van der Waals surface area (Å²) in [7, 11) is 2.06. The third kappa shape index (κ3) is 3.23. The van der Waals surface area contributed by atoms with E-state index < -0.39 is 0 Å². The number of nitrogen functional groups attached to an aromatic ring is 1. The molecule has 0 aromatic carbocycles. The summed E-state index contributed by atoms with van der Waals surface area (Å²) in [6, 6.07) is 4.25. The molecule has 0 atom stereocenters. The van der Waals surface area contributed by atoms with Gasteiger partial charge in [0.2, 0.25) is 0 Å². The Morgan fingerprint density at radius 3 is 2.79 bits per heavy atom. The van der Waals surface area contributed by atoms with Gasteiger partial charge in [0.05, 0.1) is 0 Å². The van der Waals surface area contributed by atoms with Crippen LogP contribution in [0.2, 0.25) is 0 Å². The lowest BCUT2D eigenvalue weighted by atomic mass is 10.2. The molecule has 2 aromatic rings. The first-order chi connectivity index (χ1) is 9.11. The second-order valence-electron chi connectivity index (χ2n) is 4.58. The average Bonchev–Trinajstić information content (AvgIpc) is 2.92. The Labute approximate surface area is 118 Å². The molecule has 2 N–H and O–H groups in total. The molecule has 0 bridgehead atoms. The lowest BCUT2D eigenvalue weighted by molar-refractivity contribution is 0.837. The zero-order chi connectivity index (χ0) is 13.8. The first-order valence-corrected chi connectivity index (χ1v) is 7.36. The van der Waals surface area contributed by atoms with Gasteiger partial charge in [-0.15, -0.1) is 11.3 Å². The summed E-state index contributed by atoms with van der Waals surface area (Å²) in [5, 5.41) is 2.11. The molecule has 0 saturated heterocycles. The molecule has 4 nitrogen and oxygen atoms in total. The summed E-state index contributed by atoms with van der Waals surface area (Å²) in [6.07, 6.45) is 1.83. The van der Waals surface area contributed by atoms with Crippen molar-refractivity contribution in [3.8, 4) is 0 Å². The highest BCUT2D eigenvalue weighted by Crippen LogP contribution is 2.21. The number of thiophene rings is 1. The van der Waals surface area contributed by atoms with Gasteiger partial charge in [-0.2, -0.15) is 0 Å². The number of hydrogen-bond donors (Lipinski definition) is 1. The van der Waals surface area contributed by atoms with E-state index in [4.69, 9.17) is 5.73 Å². The first-order valence-electron chi connectivity index (χ1n) is 6.48. The Bertz CT molecular complexity index is 537. The molecule has 0 aliphatic rings. The van der Waals surface area contributed by atoms with Gasteiger partial charge in [-0.05, 0) is 24.8 Å². The van der Waals surface area contributed by atoms with E-state index in [1.165, 1.54) is 4.88 Å². The third-order valence-electron chi connectivity index (χ3n) is 3.16. The maximum absolute atomic E-state index is 5.95. The summed E-state index contributed by atoms with van der Waals surface area (Å²) < 4.78 is 0. The minimum absolute atomic E-state index is 0.588. The molecule has 2 aromatic heterocycles. The molecule has 0 saturated carbocycles. The van der Waals surface area contributed by atoms with Gasteiger partial charge < -0.3 is 10.6 Å². The smallest absolute Gasteiger partial charge is 0.137 e. The third-order valence-corrected chi connectivity index (χ3v) is 4.09. The molecule has 0 radical (unpaired) electrons. The molecule has 0 aliphatic heterocycles. The van der Waals surface area contributed by atoms with Crippen molar-refractivity contribution in [3.63, 3.8) is 0 Å². The van der Waals surface area contributed by atoms with Gasteiger partial charge in [-0.1, -0.05) is 13.0 Å². The van der Waals surface area contributed by atoms with Gasteiger partial charge >= 0.3 is 0 Å². The molecule has 102 valence electrons. The molecule has 0 spiro atoms. The van der Waals surface area contributed by atoms with Crippen LogP contribution >= 0.6 is 11.3 Å². The van der Waals surface area contributed by atoms with Crippen LogP contribution in [-0.2, 0) is 12.8 Å². The largest absolute Gasteiger partial charge is 0.383 e. The zero-order valence-electron chi connectivity index (χ0n) is 11.7. The van der Waals surface area contributed by atoms with Gasteiger partial charge in [-0.3, -0.25) is 0 Å². The van der Waals surface area contributed by atoms with Crippen molar-refractivity contribution in [2.75, 3.05) is 24.2 Å². The molecular weight excluding hydrogens is 256 g/mol. The van der Waals surface area contributed by atoms with E-state index >= 15 is 0 Å². The lowest BCUT2D eigenvalue weighted by Gasteiger charge is -2.21. The molecule has 0 fully saturated rings. The number of rotatable bonds is 5. The second-order valence-corrected chi connectivity index (χ2v) is 5.61. The van der Waals surface area contributed by atoms with Crippen molar-refractivity contribution in [3.05, 3.63) is 33.8 Å². The number of aryl methyl sites for hydroxylation is 1. The number of hydrogen-bond acceptors (Lipinski definition) is 5. The maximum Gasteiger partial charge on any atom is 0.137 e. The quantitative estimate of drug-likeness (QED) is 0.912. The van der Waals surface area contributed by atoms with Crippen LogP contribution in [0.4, 0.5) is 11.6 Å². The Balaban J connectivity index is 2.13. The van der Waals surface area contributed by atoms with Crippen molar-refractivity contribution in [1.82, 2.24) is 9.97 Å². The van der Waals surface area contributed by atoms with E-state index in [2.05, 4.69) is 39.4 Å². The fraction of sp³-hybridized carbons (Fsp3) is 0.429. The van der Waals surface area contributed by atoms with E-state index in [9.17, 15) is 0 Å². The maximum atomic E-state index is 5.95. The molecule has 5 heteroatoms. The SMILES string of the molecule is CCc1nc(N)c(C)c(N(C)CCc2cccs2)n1. The standard InChI is InChI=1S/C14H20N4S/c1-4-12-16-13(15)10(2)14(17-12)18(3)8-7-11-6-5-9-19-11/h5-6,9H,4,7-8H2,1-3H3,(H2,15,16,17). The summed E-state index contributed by atoms with van der Waals surface area (Å²) in [5.41, 5.74) is 6.91. The minimum Gasteiger partial charge on any atom is -0.383 e. The number of likely N-dealkylation sites (N-methyl/N-ethyl adjacent to an activating group) is 1. The molecule has 0 amide bonds. The van der Waals surface area contributed by atoms with Crippen molar-refractivity contribution in [2.24, 2.45) is 0 Å². The Hall–Kier alpha value is -1.62. The zero-order valence-corrected chi connectivity index (χ0v) is 12.5. The van der Waals surface area contributed by atoms with Crippen LogP contribution in [0.1, 0.15) is 23.2 Å². The monoisotopic (exact) mass is 276 g/mol. The van der Waals surface area contributed by atoms with Gasteiger partial charge in [0.25, 0.3) is 0 Å². The van der Waals surface area contributed by atoms with Gasteiger partial charge in [0, 0.05) is 30.5 Å². The van der Waals surface area contributed by atoms with Crippen LogP contribution in [0.15, 0.2) is 17.5 Å².